The van der Waals surface area contributed by atoms with Crippen LogP contribution in [0.5, 0.6) is 5.75 Å². The lowest BCUT2D eigenvalue weighted by Gasteiger charge is -2.03. The van der Waals surface area contributed by atoms with Crippen molar-refractivity contribution in [1.82, 2.24) is 4.98 Å². The lowest BCUT2D eigenvalue weighted by molar-refractivity contribution is 0.340. The molecule has 90 valence electrons. The zero-order valence-corrected chi connectivity index (χ0v) is 10.7. The summed E-state index contributed by atoms with van der Waals surface area (Å²) >= 11 is 1.66. The largest absolute Gasteiger partial charge is 0.494 e. The molecule has 0 aliphatic rings. The van der Waals surface area contributed by atoms with Gasteiger partial charge in [0.05, 0.1) is 17.3 Å². The van der Waals surface area contributed by atoms with E-state index >= 15 is 0 Å². The highest BCUT2D eigenvalue weighted by Gasteiger charge is 2.02. The summed E-state index contributed by atoms with van der Waals surface area (Å²) in [6, 6.07) is 8.15. The number of rotatable bonds is 5. The van der Waals surface area contributed by atoms with Crippen LogP contribution in [-0.2, 0) is 13.0 Å². The Labute approximate surface area is 105 Å². The molecule has 0 bridgehead atoms. The summed E-state index contributed by atoms with van der Waals surface area (Å²) in [5, 5.41) is 3.12. The van der Waals surface area contributed by atoms with Crippen LogP contribution in [0.2, 0.25) is 0 Å². The van der Waals surface area contributed by atoms with Crippen molar-refractivity contribution in [3.63, 3.8) is 0 Å². The fraction of sp³-hybridized carbons (Fsp3) is 0.308. The van der Waals surface area contributed by atoms with Gasteiger partial charge in [0.1, 0.15) is 5.75 Å². The van der Waals surface area contributed by atoms with Gasteiger partial charge in [-0.25, -0.2) is 4.98 Å². The Hall–Kier alpha value is -1.39. The van der Waals surface area contributed by atoms with Crippen LogP contribution in [0, 0.1) is 0 Å². The minimum atomic E-state index is 0.514. The first-order valence-electron chi connectivity index (χ1n) is 5.67. The minimum absolute atomic E-state index is 0.514. The van der Waals surface area contributed by atoms with Crippen LogP contribution in [0.25, 0.3) is 0 Å². The van der Waals surface area contributed by atoms with Crippen LogP contribution in [0.1, 0.15) is 23.2 Å². The molecular formula is C13H16N2OS. The molecule has 1 heterocycles. The summed E-state index contributed by atoms with van der Waals surface area (Å²) in [6.45, 7) is 3.20. The topological polar surface area (TPSA) is 48.1 Å². The van der Waals surface area contributed by atoms with E-state index in [4.69, 9.17) is 10.5 Å². The molecule has 0 saturated heterocycles. The monoisotopic (exact) mass is 248 g/mol. The molecule has 0 amide bonds. The van der Waals surface area contributed by atoms with Gasteiger partial charge >= 0.3 is 0 Å². The summed E-state index contributed by atoms with van der Waals surface area (Å²) in [5.41, 5.74) is 7.75. The fourth-order valence-corrected chi connectivity index (χ4v) is 2.41. The molecule has 4 heteroatoms. The summed E-state index contributed by atoms with van der Waals surface area (Å²) in [5.74, 6) is 0.915. The van der Waals surface area contributed by atoms with Gasteiger partial charge in [-0.3, -0.25) is 0 Å². The van der Waals surface area contributed by atoms with E-state index in [9.17, 15) is 0 Å². The number of hydrogen-bond acceptors (Lipinski definition) is 4. The van der Waals surface area contributed by atoms with E-state index in [1.54, 1.807) is 11.3 Å². The number of ether oxygens (including phenoxy) is 1. The Morgan fingerprint density at radius 2 is 2.06 bits per heavy atom. The van der Waals surface area contributed by atoms with Crippen molar-refractivity contribution in [2.45, 2.75) is 19.9 Å². The third kappa shape index (κ3) is 3.28. The van der Waals surface area contributed by atoms with E-state index in [0.29, 0.717) is 13.2 Å². The number of nitrogens with zero attached hydrogens (tertiary/aromatic N) is 1. The van der Waals surface area contributed by atoms with E-state index in [-0.39, 0.29) is 0 Å². The Bertz CT molecular complexity index is 465. The maximum absolute atomic E-state index is 5.54. The van der Waals surface area contributed by atoms with E-state index in [1.807, 2.05) is 24.4 Å². The maximum atomic E-state index is 5.54. The van der Waals surface area contributed by atoms with Crippen molar-refractivity contribution >= 4 is 11.3 Å². The van der Waals surface area contributed by atoms with Gasteiger partial charge in [0.15, 0.2) is 0 Å². The second kappa shape index (κ2) is 5.80. The molecule has 0 saturated carbocycles. The number of aromatic nitrogens is 1. The summed E-state index contributed by atoms with van der Waals surface area (Å²) in [7, 11) is 0. The molecule has 0 unspecified atom stereocenters. The van der Waals surface area contributed by atoms with Crippen LogP contribution < -0.4 is 10.5 Å². The SMILES string of the molecule is CCOc1ccc(Cc2nc(CN)cs2)cc1. The van der Waals surface area contributed by atoms with Crippen LogP contribution >= 0.6 is 11.3 Å². The molecule has 2 aromatic rings. The molecule has 17 heavy (non-hydrogen) atoms. The van der Waals surface area contributed by atoms with Gasteiger partial charge in [-0.2, -0.15) is 0 Å². The second-order valence-electron chi connectivity index (χ2n) is 3.69. The zero-order chi connectivity index (χ0) is 12.1. The average Bonchev–Trinajstić information content (AvgIpc) is 2.80. The predicted octanol–water partition coefficient (Wildman–Crippen LogP) is 2.59. The van der Waals surface area contributed by atoms with E-state index in [0.717, 1.165) is 22.9 Å². The minimum Gasteiger partial charge on any atom is -0.494 e. The Morgan fingerprint density at radius 3 is 2.65 bits per heavy atom. The van der Waals surface area contributed by atoms with Gasteiger partial charge in [0, 0.05) is 18.3 Å². The van der Waals surface area contributed by atoms with E-state index in [1.165, 1.54) is 5.56 Å². The van der Waals surface area contributed by atoms with Crippen molar-refractivity contribution < 1.29 is 4.74 Å². The summed E-state index contributed by atoms with van der Waals surface area (Å²) in [4.78, 5) is 4.45. The number of nitrogens with two attached hydrogens (primary N) is 1. The van der Waals surface area contributed by atoms with Crippen LogP contribution in [0.15, 0.2) is 29.6 Å². The lowest BCUT2D eigenvalue weighted by atomic mass is 10.1. The number of benzene rings is 1. The van der Waals surface area contributed by atoms with Crippen molar-refractivity contribution in [1.29, 1.82) is 0 Å². The smallest absolute Gasteiger partial charge is 0.119 e. The first kappa shape index (κ1) is 12.1. The van der Waals surface area contributed by atoms with Crippen molar-refractivity contribution in [3.05, 3.63) is 45.9 Å². The second-order valence-corrected chi connectivity index (χ2v) is 4.63. The molecule has 0 aliphatic heterocycles. The highest BCUT2D eigenvalue weighted by Crippen LogP contribution is 2.17. The third-order valence-electron chi connectivity index (χ3n) is 2.40. The molecule has 2 N–H and O–H groups in total. The van der Waals surface area contributed by atoms with Crippen LogP contribution in [-0.4, -0.2) is 11.6 Å². The number of thiazole rings is 1. The Morgan fingerprint density at radius 1 is 1.29 bits per heavy atom. The van der Waals surface area contributed by atoms with Gasteiger partial charge in [0.25, 0.3) is 0 Å². The molecule has 0 fully saturated rings. The van der Waals surface area contributed by atoms with Crippen molar-refractivity contribution in [2.75, 3.05) is 6.61 Å². The summed E-state index contributed by atoms with van der Waals surface area (Å²) < 4.78 is 5.40. The summed E-state index contributed by atoms with van der Waals surface area (Å²) in [6.07, 6.45) is 0.858. The lowest BCUT2D eigenvalue weighted by Crippen LogP contribution is -1.97. The molecule has 1 aromatic carbocycles. The highest BCUT2D eigenvalue weighted by molar-refractivity contribution is 7.09. The number of hydrogen-bond donors (Lipinski definition) is 1. The van der Waals surface area contributed by atoms with E-state index < -0.39 is 0 Å². The first-order chi connectivity index (χ1) is 8.31. The quantitative estimate of drug-likeness (QED) is 0.884. The maximum Gasteiger partial charge on any atom is 0.119 e. The van der Waals surface area contributed by atoms with Gasteiger partial charge in [-0.05, 0) is 24.6 Å². The molecule has 0 spiro atoms. The average molecular weight is 248 g/mol. The van der Waals surface area contributed by atoms with Gasteiger partial charge in [0.2, 0.25) is 0 Å². The molecule has 2 rings (SSSR count). The Balaban J connectivity index is 2.03. The third-order valence-corrected chi connectivity index (χ3v) is 3.30. The standard InChI is InChI=1S/C13H16N2OS/c1-2-16-12-5-3-10(4-6-12)7-13-15-11(8-14)9-17-13/h3-6,9H,2,7-8,14H2,1H3. The van der Waals surface area contributed by atoms with Crippen molar-refractivity contribution in [3.8, 4) is 5.75 Å². The molecule has 0 aliphatic carbocycles. The normalized spacial score (nSPS) is 10.5. The van der Waals surface area contributed by atoms with Gasteiger partial charge < -0.3 is 10.5 Å². The molecule has 0 atom stereocenters. The molecule has 1 aromatic heterocycles. The zero-order valence-electron chi connectivity index (χ0n) is 9.85. The van der Waals surface area contributed by atoms with Gasteiger partial charge in [-0.1, -0.05) is 12.1 Å². The van der Waals surface area contributed by atoms with Gasteiger partial charge in [-0.15, -0.1) is 11.3 Å². The molecule has 3 nitrogen and oxygen atoms in total. The first-order valence-corrected chi connectivity index (χ1v) is 6.55. The fourth-order valence-electron chi connectivity index (χ4n) is 1.57. The predicted molar refractivity (Wildman–Crippen MR) is 70.4 cm³/mol. The Kier molecular flexibility index (Phi) is 4.12. The van der Waals surface area contributed by atoms with Crippen molar-refractivity contribution in [2.24, 2.45) is 5.73 Å². The highest BCUT2D eigenvalue weighted by atomic mass is 32.1. The molecule has 0 radical (unpaired) electrons. The van der Waals surface area contributed by atoms with Crippen LogP contribution in [0.3, 0.4) is 0 Å². The van der Waals surface area contributed by atoms with Crippen LogP contribution in [0.4, 0.5) is 0 Å². The van der Waals surface area contributed by atoms with E-state index in [2.05, 4.69) is 17.1 Å². The molecular weight excluding hydrogens is 232 g/mol.